The highest BCUT2D eigenvalue weighted by atomic mass is 16.1. The second-order valence-corrected chi connectivity index (χ2v) is 8.97. The molecule has 0 aliphatic heterocycles. The number of anilines is 1. The summed E-state index contributed by atoms with van der Waals surface area (Å²) in [4.78, 5) is 29.2. The molecule has 0 bridgehead atoms. The number of hydrogen-bond donors (Lipinski definition) is 1. The summed E-state index contributed by atoms with van der Waals surface area (Å²) in [6.45, 7) is 3.49. The Balaban J connectivity index is 1.41. The van der Waals surface area contributed by atoms with Crippen LogP contribution in [0.3, 0.4) is 0 Å². The van der Waals surface area contributed by atoms with Gasteiger partial charge in [0.1, 0.15) is 5.82 Å². The van der Waals surface area contributed by atoms with Gasteiger partial charge in [-0.1, -0.05) is 55.7 Å². The molecule has 0 atom stereocenters. The van der Waals surface area contributed by atoms with E-state index in [1.807, 2.05) is 60.0 Å². The molecule has 7 nitrogen and oxygen atoms in total. The summed E-state index contributed by atoms with van der Waals surface area (Å²) < 4.78 is 1.91. The maximum atomic E-state index is 13.2. The number of carbonyl (C=O) groups excluding carboxylic acids is 2. The molecule has 2 heterocycles. The Morgan fingerprint density at radius 2 is 1.76 bits per heavy atom. The number of hydrogen-bond acceptors (Lipinski definition) is 5. The summed E-state index contributed by atoms with van der Waals surface area (Å²) in [5, 5.41) is 11.6. The Hall–Kier alpha value is -3.87. The van der Waals surface area contributed by atoms with Crippen molar-refractivity contribution in [2.45, 2.75) is 51.9 Å². The second-order valence-electron chi connectivity index (χ2n) is 8.97. The first-order valence-corrected chi connectivity index (χ1v) is 11.7. The average molecular weight is 454 g/mol. The zero-order valence-electron chi connectivity index (χ0n) is 19.4. The predicted octanol–water partition coefficient (Wildman–Crippen LogP) is 5.60. The Morgan fingerprint density at radius 3 is 2.50 bits per heavy atom. The Morgan fingerprint density at radius 1 is 1.00 bits per heavy atom. The van der Waals surface area contributed by atoms with Crippen LogP contribution in [-0.4, -0.2) is 31.3 Å². The molecule has 1 saturated carbocycles. The Kier molecular flexibility index (Phi) is 5.92. The van der Waals surface area contributed by atoms with E-state index in [1.165, 1.54) is 19.3 Å². The SMILES string of the molecule is CC(=O)c1ccc(-c2cccc(C(=O)Nc3cnc4nnc(C5CCCCC5)n4c3)c2C)cc1. The number of nitrogens with zero attached hydrogens (tertiary/aromatic N) is 4. The minimum absolute atomic E-state index is 0.0294. The van der Waals surface area contributed by atoms with Crippen molar-refractivity contribution in [1.82, 2.24) is 19.6 Å². The van der Waals surface area contributed by atoms with Crippen molar-refractivity contribution in [2.75, 3.05) is 5.32 Å². The third-order valence-corrected chi connectivity index (χ3v) is 6.70. The van der Waals surface area contributed by atoms with E-state index in [0.29, 0.717) is 28.5 Å². The lowest BCUT2D eigenvalue weighted by Gasteiger charge is -2.19. The van der Waals surface area contributed by atoms with Crippen molar-refractivity contribution in [3.8, 4) is 11.1 Å². The number of aromatic nitrogens is 4. The van der Waals surface area contributed by atoms with Gasteiger partial charge in [0.25, 0.3) is 11.7 Å². The molecule has 1 amide bonds. The van der Waals surface area contributed by atoms with Crippen LogP contribution in [0.25, 0.3) is 16.9 Å². The lowest BCUT2D eigenvalue weighted by atomic mass is 9.89. The van der Waals surface area contributed by atoms with Crippen LogP contribution in [-0.2, 0) is 0 Å². The molecule has 1 fully saturated rings. The fourth-order valence-electron chi connectivity index (χ4n) is 4.79. The van der Waals surface area contributed by atoms with Crippen molar-refractivity contribution in [3.05, 3.63) is 77.4 Å². The van der Waals surface area contributed by atoms with E-state index in [4.69, 9.17) is 0 Å². The van der Waals surface area contributed by atoms with Gasteiger partial charge in [-0.2, -0.15) is 0 Å². The van der Waals surface area contributed by atoms with Gasteiger partial charge in [-0.3, -0.25) is 14.0 Å². The first kappa shape index (κ1) is 21.9. The van der Waals surface area contributed by atoms with Crippen molar-refractivity contribution >= 4 is 23.2 Å². The van der Waals surface area contributed by atoms with E-state index < -0.39 is 0 Å². The Labute approximate surface area is 198 Å². The van der Waals surface area contributed by atoms with E-state index in [0.717, 1.165) is 35.4 Å². The van der Waals surface area contributed by atoms with Gasteiger partial charge in [0.05, 0.1) is 11.9 Å². The third kappa shape index (κ3) is 4.21. The largest absolute Gasteiger partial charge is 0.319 e. The molecule has 2 aromatic heterocycles. The van der Waals surface area contributed by atoms with Gasteiger partial charge in [0, 0.05) is 23.2 Å². The van der Waals surface area contributed by atoms with Gasteiger partial charge in [-0.05, 0) is 49.4 Å². The van der Waals surface area contributed by atoms with Crippen LogP contribution >= 0.6 is 0 Å². The predicted molar refractivity (Wildman–Crippen MR) is 131 cm³/mol. The summed E-state index contributed by atoms with van der Waals surface area (Å²) >= 11 is 0. The van der Waals surface area contributed by atoms with Gasteiger partial charge in [0.2, 0.25) is 0 Å². The van der Waals surface area contributed by atoms with Crippen molar-refractivity contribution in [1.29, 1.82) is 0 Å². The molecule has 0 radical (unpaired) electrons. The van der Waals surface area contributed by atoms with Gasteiger partial charge in [-0.25, -0.2) is 4.98 Å². The molecule has 0 unspecified atom stereocenters. The number of fused-ring (bicyclic) bond motifs is 1. The highest BCUT2D eigenvalue weighted by molar-refractivity contribution is 6.06. The highest BCUT2D eigenvalue weighted by Crippen LogP contribution is 2.32. The molecule has 0 saturated heterocycles. The number of ketones is 1. The first-order chi connectivity index (χ1) is 16.5. The molecule has 4 aromatic rings. The van der Waals surface area contributed by atoms with Crippen LogP contribution < -0.4 is 5.32 Å². The maximum absolute atomic E-state index is 13.2. The zero-order valence-corrected chi connectivity index (χ0v) is 19.4. The summed E-state index contributed by atoms with van der Waals surface area (Å²) in [6, 6.07) is 13.1. The van der Waals surface area contributed by atoms with Gasteiger partial charge >= 0.3 is 0 Å². The van der Waals surface area contributed by atoms with Gasteiger partial charge < -0.3 is 5.32 Å². The number of benzene rings is 2. The number of amides is 1. The third-order valence-electron chi connectivity index (χ3n) is 6.70. The van der Waals surface area contributed by atoms with Crippen LogP contribution in [0.4, 0.5) is 5.69 Å². The number of rotatable bonds is 5. The van der Waals surface area contributed by atoms with Crippen LogP contribution in [0.5, 0.6) is 0 Å². The molecule has 1 N–H and O–H groups in total. The minimum Gasteiger partial charge on any atom is -0.319 e. The molecule has 0 spiro atoms. The summed E-state index contributed by atoms with van der Waals surface area (Å²) in [7, 11) is 0. The van der Waals surface area contributed by atoms with E-state index in [9.17, 15) is 9.59 Å². The highest BCUT2D eigenvalue weighted by Gasteiger charge is 2.22. The summed E-state index contributed by atoms with van der Waals surface area (Å²) in [5.74, 6) is 1.68. The fraction of sp³-hybridized carbons (Fsp3) is 0.296. The molecule has 34 heavy (non-hydrogen) atoms. The quantitative estimate of drug-likeness (QED) is 0.397. The molecule has 1 aliphatic carbocycles. The van der Waals surface area contributed by atoms with Crippen molar-refractivity contribution in [3.63, 3.8) is 0 Å². The molecule has 2 aromatic carbocycles. The summed E-state index contributed by atoms with van der Waals surface area (Å²) in [6.07, 6.45) is 9.38. The minimum atomic E-state index is -0.201. The average Bonchev–Trinajstić information content (AvgIpc) is 3.28. The summed E-state index contributed by atoms with van der Waals surface area (Å²) in [5.41, 5.74) is 4.64. The molecule has 1 aliphatic rings. The van der Waals surface area contributed by atoms with E-state index in [2.05, 4.69) is 20.5 Å². The number of Topliss-reactive ketones (excluding diaryl/α,β-unsaturated/α-hetero) is 1. The molecular formula is C27H27N5O2. The first-order valence-electron chi connectivity index (χ1n) is 11.7. The second kappa shape index (κ2) is 9.17. The Bertz CT molecular complexity index is 1370. The topological polar surface area (TPSA) is 89.2 Å². The van der Waals surface area contributed by atoms with Gasteiger partial charge in [-0.15, -0.1) is 10.2 Å². The van der Waals surface area contributed by atoms with Crippen LogP contribution in [0.1, 0.15) is 77.0 Å². The normalized spacial score (nSPS) is 14.3. The monoisotopic (exact) mass is 453 g/mol. The fourth-order valence-corrected chi connectivity index (χ4v) is 4.79. The zero-order chi connectivity index (χ0) is 23.7. The van der Waals surface area contributed by atoms with Gasteiger partial charge in [0.15, 0.2) is 5.78 Å². The van der Waals surface area contributed by atoms with E-state index >= 15 is 0 Å². The van der Waals surface area contributed by atoms with Crippen molar-refractivity contribution in [2.24, 2.45) is 0 Å². The standard InChI is InChI=1S/C27H27N5O2/c1-17-23(20-13-11-19(12-14-20)18(2)33)9-6-10-24(17)26(34)29-22-15-28-27-31-30-25(32(27)16-22)21-7-4-3-5-8-21/h6,9-16,21H,3-5,7-8H2,1-2H3,(H,29,34). The molecule has 5 rings (SSSR count). The maximum Gasteiger partial charge on any atom is 0.256 e. The number of carbonyl (C=O) groups is 2. The van der Waals surface area contributed by atoms with E-state index in [1.54, 1.807) is 13.1 Å². The van der Waals surface area contributed by atoms with Crippen LogP contribution in [0.15, 0.2) is 54.9 Å². The van der Waals surface area contributed by atoms with E-state index in [-0.39, 0.29) is 11.7 Å². The van der Waals surface area contributed by atoms with Crippen LogP contribution in [0, 0.1) is 6.92 Å². The lowest BCUT2D eigenvalue weighted by Crippen LogP contribution is -2.15. The smallest absolute Gasteiger partial charge is 0.256 e. The molecular weight excluding hydrogens is 426 g/mol. The number of nitrogens with one attached hydrogen (secondary N) is 1. The molecule has 7 heteroatoms. The molecule has 172 valence electrons. The van der Waals surface area contributed by atoms with Crippen LogP contribution in [0.2, 0.25) is 0 Å². The lowest BCUT2D eigenvalue weighted by molar-refractivity contribution is 0.101. The van der Waals surface area contributed by atoms with Crippen molar-refractivity contribution < 1.29 is 9.59 Å².